The monoisotopic (exact) mass is 211 g/mol. The summed E-state index contributed by atoms with van der Waals surface area (Å²) in [5.74, 6) is 0. The molecule has 0 aromatic heterocycles. The highest BCUT2D eigenvalue weighted by molar-refractivity contribution is 7.16. The van der Waals surface area contributed by atoms with Crippen molar-refractivity contribution in [1.29, 1.82) is 0 Å². The highest BCUT2D eigenvalue weighted by Gasteiger charge is 1.99. The lowest BCUT2D eigenvalue weighted by atomic mass is 10.2. The molecule has 14 heavy (non-hydrogen) atoms. The van der Waals surface area contributed by atoms with E-state index in [0.29, 0.717) is 12.9 Å². The van der Waals surface area contributed by atoms with E-state index in [1.165, 1.54) is 5.56 Å². The van der Waals surface area contributed by atoms with Gasteiger partial charge in [0.15, 0.2) is 0 Å². The second-order valence-corrected chi connectivity index (χ2v) is 3.35. The number of alkyl carbamates (subject to hydrolysis) is 1. The molecule has 1 unspecified atom stereocenters. The Balaban J connectivity index is 2.38. The fourth-order valence-electron chi connectivity index (χ4n) is 0.968. The summed E-state index contributed by atoms with van der Waals surface area (Å²) < 4.78 is 4.94. The zero-order valence-electron chi connectivity index (χ0n) is 8.12. The number of aryl methyl sites for hydroxylation is 1. The maximum atomic E-state index is 10.9. The molecule has 0 spiro atoms. The Morgan fingerprint density at radius 3 is 2.64 bits per heavy atom. The minimum absolute atomic E-state index is 0.316. The van der Waals surface area contributed by atoms with Crippen LogP contribution in [0.15, 0.2) is 24.3 Å². The Hall–Kier alpha value is -1.08. The van der Waals surface area contributed by atoms with Crippen LogP contribution < -0.4 is 5.32 Å². The van der Waals surface area contributed by atoms with Crippen molar-refractivity contribution in [1.82, 2.24) is 5.32 Å². The van der Waals surface area contributed by atoms with Crippen molar-refractivity contribution >= 4 is 15.3 Å². The summed E-state index contributed by atoms with van der Waals surface area (Å²) in [6.45, 7) is 2.34. The van der Waals surface area contributed by atoms with Crippen LogP contribution in [0.4, 0.5) is 4.79 Å². The van der Waals surface area contributed by atoms with Crippen LogP contribution in [-0.4, -0.2) is 12.4 Å². The van der Waals surface area contributed by atoms with Gasteiger partial charge >= 0.3 is 6.09 Å². The molecule has 1 aromatic carbocycles. The minimum Gasteiger partial charge on any atom is -0.445 e. The van der Waals surface area contributed by atoms with E-state index in [2.05, 4.69) is 14.6 Å². The number of ether oxygens (including phenoxy) is 1. The van der Waals surface area contributed by atoms with Gasteiger partial charge in [-0.3, -0.25) is 0 Å². The van der Waals surface area contributed by atoms with Crippen LogP contribution in [0.3, 0.4) is 0 Å². The van der Waals surface area contributed by atoms with Crippen LogP contribution in [0.1, 0.15) is 11.1 Å². The predicted molar refractivity (Wildman–Crippen MR) is 59.1 cm³/mol. The first-order valence-corrected chi connectivity index (χ1v) is 5.20. The Kier molecular flexibility index (Phi) is 4.41. The average Bonchev–Trinajstić information content (AvgIpc) is 2.17. The largest absolute Gasteiger partial charge is 0.445 e. The van der Waals surface area contributed by atoms with Crippen molar-refractivity contribution in [2.75, 3.05) is 6.29 Å². The summed E-state index contributed by atoms with van der Waals surface area (Å²) in [5.41, 5.74) is 2.19. The standard InChI is InChI=1S/C10H14NO2P/c1-8-2-4-9(5-3-8)6-13-10(12)11-7-14/h2-5H,6-7,14H2,1H3,(H,11,12). The summed E-state index contributed by atoms with van der Waals surface area (Å²) in [7, 11) is 2.40. The molecule has 0 fully saturated rings. The van der Waals surface area contributed by atoms with Crippen molar-refractivity contribution in [2.24, 2.45) is 0 Å². The molecule has 0 heterocycles. The number of carbonyl (C=O) groups excluding carboxylic acids is 1. The predicted octanol–water partition coefficient (Wildman–Crippen LogP) is 2.05. The molecule has 1 rings (SSSR count). The first-order valence-electron chi connectivity index (χ1n) is 4.38. The lowest BCUT2D eigenvalue weighted by Gasteiger charge is -2.05. The molecule has 76 valence electrons. The molecule has 0 radical (unpaired) electrons. The number of hydrogen-bond donors (Lipinski definition) is 1. The van der Waals surface area contributed by atoms with Crippen molar-refractivity contribution in [2.45, 2.75) is 13.5 Å². The highest BCUT2D eigenvalue weighted by Crippen LogP contribution is 2.04. The third-order valence-corrected chi connectivity index (χ3v) is 1.94. The van der Waals surface area contributed by atoms with Crippen molar-refractivity contribution in [3.63, 3.8) is 0 Å². The van der Waals surface area contributed by atoms with Crippen molar-refractivity contribution in [3.05, 3.63) is 35.4 Å². The molecule has 0 bridgehead atoms. The van der Waals surface area contributed by atoms with E-state index < -0.39 is 0 Å². The van der Waals surface area contributed by atoms with E-state index >= 15 is 0 Å². The van der Waals surface area contributed by atoms with E-state index in [9.17, 15) is 4.79 Å². The zero-order chi connectivity index (χ0) is 10.4. The summed E-state index contributed by atoms with van der Waals surface area (Å²) in [6.07, 6.45) is 0.118. The van der Waals surface area contributed by atoms with E-state index in [4.69, 9.17) is 4.74 Å². The SMILES string of the molecule is Cc1ccc(COC(=O)NCP)cc1. The topological polar surface area (TPSA) is 38.3 Å². The fourth-order valence-corrected chi connectivity index (χ4v) is 1.13. The molecule has 0 aliphatic carbocycles. The van der Waals surface area contributed by atoms with Crippen LogP contribution in [0.2, 0.25) is 0 Å². The van der Waals surface area contributed by atoms with Crippen LogP contribution >= 0.6 is 9.24 Å². The molecule has 0 aliphatic rings. The molecule has 1 N–H and O–H groups in total. The molecule has 0 saturated heterocycles. The van der Waals surface area contributed by atoms with E-state index in [1.807, 2.05) is 31.2 Å². The third-order valence-electron chi connectivity index (χ3n) is 1.74. The maximum Gasteiger partial charge on any atom is 0.407 e. The zero-order valence-corrected chi connectivity index (χ0v) is 9.27. The van der Waals surface area contributed by atoms with Gasteiger partial charge in [0.2, 0.25) is 0 Å². The van der Waals surface area contributed by atoms with Gasteiger partial charge in [-0.05, 0) is 12.5 Å². The number of carbonyl (C=O) groups is 1. The highest BCUT2D eigenvalue weighted by atomic mass is 31.0. The maximum absolute atomic E-state index is 10.9. The van der Waals surface area contributed by atoms with Gasteiger partial charge in [-0.2, -0.15) is 0 Å². The van der Waals surface area contributed by atoms with Gasteiger partial charge in [-0.15, -0.1) is 9.24 Å². The molecule has 0 aliphatic heterocycles. The van der Waals surface area contributed by atoms with E-state index in [1.54, 1.807) is 0 Å². The van der Waals surface area contributed by atoms with Gasteiger partial charge in [-0.1, -0.05) is 29.8 Å². The second-order valence-electron chi connectivity index (χ2n) is 2.94. The smallest absolute Gasteiger partial charge is 0.407 e. The average molecular weight is 211 g/mol. The Bertz CT molecular complexity index is 297. The quantitative estimate of drug-likeness (QED) is 0.777. The summed E-state index contributed by atoms with van der Waals surface area (Å²) >= 11 is 0. The molecule has 1 amide bonds. The normalized spacial score (nSPS) is 9.57. The van der Waals surface area contributed by atoms with Gasteiger partial charge in [0.05, 0.1) is 0 Å². The lowest BCUT2D eigenvalue weighted by Crippen LogP contribution is -2.22. The molecule has 3 nitrogen and oxygen atoms in total. The van der Waals surface area contributed by atoms with Gasteiger partial charge < -0.3 is 10.1 Å². The van der Waals surface area contributed by atoms with E-state index in [-0.39, 0.29) is 6.09 Å². The summed E-state index contributed by atoms with van der Waals surface area (Å²) in [6, 6.07) is 7.88. The van der Waals surface area contributed by atoms with Crippen molar-refractivity contribution in [3.8, 4) is 0 Å². The summed E-state index contributed by atoms with van der Waals surface area (Å²) in [5, 5.41) is 2.53. The molecular formula is C10H14NO2P. The number of amides is 1. The molecule has 0 saturated carbocycles. The third kappa shape index (κ3) is 3.75. The first-order chi connectivity index (χ1) is 6.72. The van der Waals surface area contributed by atoms with Gasteiger partial charge in [0.25, 0.3) is 0 Å². The lowest BCUT2D eigenvalue weighted by molar-refractivity contribution is 0.141. The van der Waals surface area contributed by atoms with Crippen LogP contribution in [0.5, 0.6) is 0 Å². The Morgan fingerprint density at radius 2 is 2.07 bits per heavy atom. The Morgan fingerprint density at radius 1 is 1.43 bits per heavy atom. The first kappa shape index (κ1) is 11.0. The number of hydrogen-bond acceptors (Lipinski definition) is 2. The second kappa shape index (κ2) is 5.61. The Labute approximate surface area is 86.0 Å². The van der Waals surface area contributed by atoms with Crippen molar-refractivity contribution < 1.29 is 9.53 Å². The molecule has 1 atom stereocenters. The van der Waals surface area contributed by atoms with Gasteiger partial charge in [-0.25, -0.2) is 4.79 Å². The van der Waals surface area contributed by atoms with Gasteiger partial charge in [0, 0.05) is 6.29 Å². The molecule has 1 aromatic rings. The molecule has 4 heteroatoms. The van der Waals surface area contributed by atoms with Crippen LogP contribution in [0, 0.1) is 6.92 Å². The molecular weight excluding hydrogens is 197 g/mol. The number of rotatable bonds is 3. The summed E-state index contributed by atoms with van der Waals surface area (Å²) in [4.78, 5) is 10.9. The minimum atomic E-state index is -0.388. The van der Waals surface area contributed by atoms with E-state index in [0.717, 1.165) is 5.56 Å². The fraction of sp³-hybridized carbons (Fsp3) is 0.300. The van der Waals surface area contributed by atoms with Gasteiger partial charge in [0.1, 0.15) is 6.61 Å². The number of benzene rings is 1. The van der Waals surface area contributed by atoms with Crippen LogP contribution in [-0.2, 0) is 11.3 Å². The number of nitrogens with one attached hydrogen (secondary N) is 1. The van der Waals surface area contributed by atoms with Crippen LogP contribution in [0.25, 0.3) is 0 Å².